The fourth-order valence-corrected chi connectivity index (χ4v) is 3.51. The van der Waals surface area contributed by atoms with Gasteiger partial charge in [0.25, 0.3) is 11.8 Å². The van der Waals surface area contributed by atoms with E-state index in [1.165, 1.54) is 5.56 Å². The molecule has 0 radical (unpaired) electrons. The zero-order valence-corrected chi connectivity index (χ0v) is 16.5. The SMILES string of the molecule is CC(C)c1ccc(C(=O)NC2CCN(C(=O)c3cccc(Cl)c3)CC2)cc1. The van der Waals surface area contributed by atoms with Gasteiger partial charge in [0, 0.05) is 35.3 Å². The molecule has 1 N–H and O–H groups in total. The number of hydrogen-bond donors (Lipinski definition) is 1. The average Bonchev–Trinajstić information content (AvgIpc) is 2.68. The lowest BCUT2D eigenvalue weighted by Gasteiger charge is -2.32. The fourth-order valence-electron chi connectivity index (χ4n) is 3.32. The fraction of sp³-hybridized carbons (Fsp3) is 0.364. The highest BCUT2D eigenvalue weighted by atomic mass is 35.5. The van der Waals surface area contributed by atoms with E-state index in [0.717, 1.165) is 12.8 Å². The van der Waals surface area contributed by atoms with Crippen LogP contribution in [0.3, 0.4) is 0 Å². The Morgan fingerprint density at radius 3 is 2.30 bits per heavy atom. The highest BCUT2D eigenvalue weighted by Gasteiger charge is 2.25. The van der Waals surface area contributed by atoms with Crippen molar-refractivity contribution in [1.29, 1.82) is 0 Å². The van der Waals surface area contributed by atoms with E-state index in [1.807, 2.05) is 29.2 Å². The Kier molecular flexibility index (Phi) is 6.17. The molecule has 1 aliphatic heterocycles. The summed E-state index contributed by atoms with van der Waals surface area (Å²) in [6.45, 7) is 5.52. The van der Waals surface area contributed by atoms with Crippen molar-refractivity contribution in [3.8, 4) is 0 Å². The van der Waals surface area contributed by atoms with Crippen LogP contribution in [0.25, 0.3) is 0 Å². The Morgan fingerprint density at radius 1 is 1.04 bits per heavy atom. The highest BCUT2D eigenvalue weighted by molar-refractivity contribution is 6.30. The second-order valence-electron chi connectivity index (χ2n) is 7.33. The lowest BCUT2D eigenvalue weighted by molar-refractivity contribution is 0.0698. The maximum Gasteiger partial charge on any atom is 0.253 e. The number of piperidine rings is 1. The quantitative estimate of drug-likeness (QED) is 0.843. The van der Waals surface area contributed by atoms with Gasteiger partial charge in [-0.05, 0) is 54.7 Å². The second kappa shape index (κ2) is 8.57. The molecule has 3 rings (SSSR count). The predicted octanol–water partition coefficient (Wildman–Crippen LogP) is 4.50. The largest absolute Gasteiger partial charge is 0.349 e. The van der Waals surface area contributed by atoms with Crippen molar-refractivity contribution in [2.24, 2.45) is 0 Å². The molecule has 5 heteroatoms. The topological polar surface area (TPSA) is 49.4 Å². The third-order valence-corrected chi connectivity index (χ3v) is 5.26. The number of nitrogens with zero attached hydrogens (tertiary/aromatic N) is 1. The van der Waals surface area contributed by atoms with Crippen LogP contribution in [0.2, 0.25) is 5.02 Å². The Bertz CT molecular complexity index is 809. The molecule has 4 nitrogen and oxygen atoms in total. The molecular formula is C22H25ClN2O2. The number of rotatable bonds is 4. The number of hydrogen-bond acceptors (Lipinski definition) is 2. The van der Waals surface area contributed by atoms with Crippen molar-refractivity contribution in [2.75, 3.05) is 13.1 Å². The summed E-state index contributed by atoms with van der Waals surface area (Å²) >= 11 is 5.98. The molecule has 0 aromatic heterocycles. The van der Waals surface area contributed by atoms with Crippen LogP contribution < -0.4 is 5.32 Å². The first kappa shape index (κ1) is 19.4. The third kappa shape index (κ3) is 4.89. The number of carbonyl (C=O) groups excluding carboxylic acids is 2. The van der Waals surface area contributed by atoms with E-state index in [1.54, 1.807) is 24.3 Å². The molecule has 0 bridgehead atoms. The molecule has 142 valence electrons. The number of benzene rings is 2. The minimum Gasteiger partial charge on any atom is -0.349 e. The van der Waals surface area contributed by atoms with Crippen LogP contribution in [0.15, 0.2) is 48.5 Å². The van der Waals surface area contributed by atoms with Gasteiger partial charge in [-0.1, -0.05) is 43.6 Å². The summed E-state index contributed by atoms with van der Waals surface area (Å²) in [6.07, 6.45) is 1.50. The van der Waals surface area contributed by atoms with Crippen LogP contribution in [-0.4, -0.2) is 35.8 Å². The van der Waals surface area contributed by atoms with Gasteiger partial charge < -0.3 is 10.2 Å². The van der Waals surface area contributed by atoms with Crippen molar-refractivity contribution in [3.05, 3.63) is 70.2 Å². The summed E-state index contributed by atoms with van der Waals surface area (Å²) < 4.78 is 0. The predicted molar refractivity (Wildman–Crippen MR) is 108 cm³/mol. The van der Waals surface area contributed by atoms with Crippen LogP contribution >= 0.6 is 11.6 Å². The van der Waals surface area contributed by atoms with E-state index in [4.69, 9.17) is 11.6 Å². The van der Waals surface area contributed by atoms with Crippen LogP contribution in [0.4, 0.5) is 0 Å². The van der Waals surface area contributed by atoms with Gasteiger partial charge in [0.2, 0.25) is 0 Å². The molecule has 0 aliphatic carbocycles. The Morgan fingerprint density at radius 2 is 1.70 bits per heavy atom. The molecule has 0 unspecified atom stereocenters. The minimum atomic E-state index is -0.0510. The van der Waals surface area contributed by atoms with Gasteiger partial charge >= 0.3 is 0 Å². The molecule has 0 spiro atoms. The van der Waals surface area contributed by atoms with Crippen molar-refractivity contribution in [2.45, 2.75) is 38.6 Å². The summed E-state index contributed by atoms with van der Waals surface area (Å²) in [5.41, 5.74) is 2.51. The van der Waals surface area contributed by atoms with Gasteiger partial charge in [0.05, 0.1) is 0 Å². The zero-order chi connectivity index (χ0) is 19.4. The number of nitrogens with one attached hydrogen (secondary N) is 1. The molecule has 2 aromatic rings. The van der Waals surface area contributed by atoms with E-state index in [0.29, 0.717) is 35.2 Å². The first-order chi connectivity index (χ1) is 12.9. The van der Waals surface area contributed by atoms with E-state index < -0.39 is 0 Å². The molecule has 2 aromatic carbocycles. The van der Waals surface area contributed by atoms with E-state index in [-0.39, 0.29) is 17.9 Å². The number of amides is 2. The zero-order valence-electron chi connectivity index (χ0n) is 15.7. The lowest BCUT2D eigenvalue weighted by Crippen LogP contribution is -2.46. The van der Waals surface area contributed by atoms with E-state index in [2.05, 4.69) is 19.2 Å². The number of carbonyl (C=O) groups is 2. The van der Waals surface area contributed by atoms with Gasteiger partial charge in [-0.2, -0.15) is 0 Å². The van der Waals surface area contributed by atoms with E-state index in [9.17, 15) is 9.59 Å². The molecule has 2 amide bonds. The average molecular weight is 385 g/mol. The van der Waals surface area contributed by atoms with Crippen molar-refractivity contribution in [1.82, 2.24) is 10.2 Å². The van der Waals surface area contributed by atoms with E-state index >= 15 is 0 Å². The number of halogens is 1. The van der Waals surface area contributed by atoms with Gasteiger partial charge in [0.1, 0.15) is 0 Å². The van der Waals surface area contributed by atoms with Crippen LogP contribution in [0, 0.1) is 0 Å². The molecule has 1 fully saturated rings. The Labute approximate surface area is 165 Å². The first-order valence-corrected chi connectivity index (χ1v) is 9.77. The summed E-state index contributed by atoms with van der Waals surface area (Å²) in [6, 6.07) is 14.9. The summed E-state index contributed by atoms with van der Waals surface area (Å²) in [7, 11) is 0. The second-order valence-corrected chi connectivity index (χ2v) is 7.76. The van der Waals surface area contributed by atoms with Crippen molar-refractivity contribution < 1.29 is 9.59 Å². The van der Waals surface area contributed by atoms with Gasteiger partial charge in [-0.25, -0.2) is 0 Å². The maximum atomic E-state index is 12.6. The first-order valence-electron chi connectivity index (χ1n) is 9.39. The Hall–Kier alpha value is -2.33. The monoisotopic (exact) mass is 384 g/mol. The normalized spacial score (nSPS) is 15.0. The highest BCUT2D eigenvalue weighted by Crippen LogP contribution is 2.18. The smallest absolute Gasteiger partial charge is 0.253 e. The van der Waals surface area contributed by atoms with Crippen LogP contribution in [0.1, 0.15) is 58.9 Å². The van der Waals surface area contributed by atoms with Gasteiger partial charge in [-0.3, -0.25) is 9.59 Å². The summed E-state index contributed by atoms with van der Waals surface area (Å²) in [5, 5.41) is 3.66. The lowest BCUT2D eigenvalue weighted by atomic mass is 10.0. The molecular weight excluding hydrogens is 360 g/mol. The molecule has 1 saturated heterocycles. The molecule has 0 atom stereocenters. The van der Waals surface area contributed by atoms with Crippen LogP contribution in [-0.2, 0) is 0 Å². The Balaban J connectivity index is 1.53. The van der Waals surface area contributed by atoms with Crippen LogP contribution in [0.5, 0.6) is 0 Å². The third-order valence-electron chi connectivity index (χ3n) is 5.03. The standard InChI is InChI=1S/C22H25ClN2O2/c1-15(2)16-6-8-17(9-7-16)21(26)24-20-10-12-25(13-11-20)22(27)18-4-3-5-19(23)14-18/h3-9,14-15,20H,10-13H2,1-2H3,(H,24,26). The van der Waals surface area contributed by atoms with Crippen molar-refractivity contribution in [3.63, 3.8) is 0 Å². The van der Waals surface area contributed by atoms with Crippen molar-refractivity contribution >= 4 is 23.4 Å². The molecule has 1 aliphatic rings. The summed E-state index contributed by atoms with van der Waals surface area (Å²) in [4.78, 5) is 26.9. The number of likely N-dealkylation sites (tertiary alicyclic amines) is 1. The minimum absolute atomic E-state index is 0.00782. The summed E-state index contributed by atoms with van der Waals surface area (Å²) in [5.74, 6) is 0.389. The molecule has 0 saturated carbocycles. The molecule has 1 heterocycles. The van der Waals surface area contributed by atoms with Gasteiger partial charge in [-0.15, -0.1) is 0 Å². The maximum absolute atomic E-state index is 12.6. The molecule has 27 heavy (non-hydrogen) atoms. The van der Waals surface area contributed by atoms with Gasteiger partial charge in [0.15, 0.2) is 0 Å².